The topological polar surface area (TPSA) is 50.8 Å². The largest absolute Gasteiger partial charge is 0.493 e. The van der Waals surface area contributed by atoms with Crippen LogP contribution in [0.15, 0.2) is 46.9 Å². The number of anilines is 1. The molecule has 1 atom stereocenters. The first-order valence-corrected chi connectivity index (χ1v) is 10.4. The zero-order valence-corrected chi connectivity index (χ0v) is 18.7. The number of halogens is 1. The van der Waals surface area contributed by atoms with E-state index in [1.165, 1.54) is 5.56 Å². The molecule has 29 heavy (non-hydrogen) atoms. The highest BCUT2D eigenvalue weighted by molar-refractivity contribution is 9.10. The van der Waals surface area contributed by atoms with Gasteiger partial charge in [0.1, 0.15) is 5.66 Å². The Labute approximate surface area is 179 Å². The number of rotatable bonds is 4. The summed E-state index contributed by atoms with van der Waals surface area (Å²) in [5.41, 5.74) is 2.39. The fourth-order valence-corrected chi connectivity index (χ4v) is 4.86. The fourth-order valence-electron chi connectivity index (χ4n) is 4.50. The molecule has 0 unspecified atom stereocenters. The molecule has 2 aliphatic heterocycles. The van der Waals surface area contributed by atoms with Crippen molar-refractivity contribution >= 4 is 33.6 Å². The molecule has 1 amide bonds. The number of fused-ring (bicyclic) bond motifs is 3. The van der Waals surface area contributed by atoms with Crippen LogP contribution >= 0.6 is 15.9 Å². The summed E-state index contributed by atoms with van der Waals surface area (Å²) in [7, 11) is 3.25. The lowest BCUT2D eigenvalue weighted by Gasteiger charge is -2.49. The summed E-state index contributed by atoms with van der Waals surface area (Å²) in [5, 5.41) is 3.30. The number of amides is 1. The second-order valence-electron chi connectivity index (χ2n) is 7.95. The number of nitrogens with zero attached hydrogens (tertiary/aromatic N) is 1. The number of ether oxygens (including phenoxy) is 2. The number of carbonyl (C=O) groups is 1. The Morgan fingerprint density at radius 2 is 1.86 bits per heavy atom. The summed E-state index contributed by atoms with van der Waals surface area (Å²) in [5.74, 6) is 1.43. The molecule has 152 valence electrons. The lowest BCUT2D eigenvalue weighted by molar-refractivity contribution is -0.124. The Morgan fingerprint density at radius 1 is 1.10 bits per heavy atom. The lowest BCUT2D eigenvalue weighted by atomic mass is 9.74. The van der Waals surface area contributed by atoms with Crippen molar-refractivity contribution in [2.24, 2.45) is 0 Å². The van der Waals surface area contributed by atoms with Crippen LogP contribution in [-0.4, -0.2) is 32.3 Å². The first kappa shape index (κ1) is 19.8. The normalized spacial score (nSPS) is 22.2. The van der Waals surface area contributed by atoms with Crippen LogP contribution in [0.1, 0.15) is 31.4 Å². The summed E-state index contributed by atoms with van der Waals surface area (Å²) in [6.45, 7) is 5.05. The number of hydrogen-bond acceptors (Lipinski definition) is 4. The van der Waals surface area contributed by atoms with Gasteiger partial charge in [0, 0.05) is 28.5 Å². The Kier molecular flexibility index (Phi) is 4.85. The van der Waals surface area contributed by atoms with E-state index in [0.29, 0.717) is 24.5 Å². The van der Waals surface area contributed by atoms with Gasteiger partial charge in [-0.25, -0.2) is 0 Å². The molecule has 1 saturated heterocycles. The Bertz CT molecular complexity index is 1000. The van der Waals surface area contributed by atoms with Crippen LogP contribution in [0.3, 0.4) is 0 Å². The third-order valence-corrected chi connectivity index (χ3v) is 6.61. The summed E-state index contributed by atoms with van der Waals surface area (Å²) in [6.07, 6.45) is 4.64. The van der Waals surface area contributed by atoms with E-state index in [2.05, 4.69) is 64.3 Å². The Balaban J connectivity index is 1.81. The van der Waals surface area contributed by atoms with Gasteiger partial charge in [-0.2, -0.15) is 0 Å². The minimum atomic E-state index is -0.640. The van der Waals surface area contributed by atoms with Gasteiger partial charge < -0.3 is 19.7 Å². The second kappa shape index (κ2) is 7.10. The van der Waals surface area contributed by atoms with Gasteiger partial charge in [-0.3, -0.25) is 4.79 Å². The van der Waals surface area contributed by atoms with Crippen LogP contribution in [0.2, 0.25) is 0 Å². The summed E-state index contributed by atoms with van der Waals surface area (Å²) in [4.78, 5) is 14.8. The molecule has 2 aromatic rings. The standard InChI is InChI=1S/C23H25BrN2O3/c1-22(2)17-14-16(24)6-7-18(17)26-12-10-21(27)25-23(22,26)11-9-15-5-8-19(28-3)20(13-15)29-4/h5-9,11,13-14H,10,12H2,1-4H3,(H,25,27)/b11-9+/t23-/m1/s1. The smallest absolute Gasteiger partial charge is 0.223 e. The highest BCUT2D eigenvalue weighted by Gasteiger charge is 2.57. The molecular weight excluding hydrogens is 432 g/mol. The number of nitrogens with one attached hydrogen (secondary N) is 1. The van der Waals surface area contributed by atoms with Gasteiger partial charge >= 0.3 is 0 Å². The quantitative estimate of drug-likeness (QED) is 0.735. The molecule has 0 bridgehead atoms. The third kappa shape index (κ3) is 3.01. The second-order valence-corrected chi connectivity index (χ2v) is 8.87. The maximum atomic E-state index is 12.5. The van der Waals surface area contributed by atoms with E-state index in [4.69, 9.17) is 9.47 Å². The zero-order valence-electron chi connectivity index (χ0n) is 17.1. The highest BCUT2D eigenvalue weighted by atomic mass is 79.9. The van der Waals surface area contributed by atoms with Crippen molar-refractivity contribution in [2.75, 3.05) is 25.7 Å². The first-order valence-electron chi connectivity index (χ1n) is 9.62. The summed E-state index contributed by atoms with van der Waals surface area (Å²) in [6, 6.07) is 12.1. The maximum absolute atomic E-state index is 12.5. The van der Waals surface area contributed by atoms with Crippen molar-refractivity contribution in [2.45, 2.75) is 31.3 Å². The van der Waals surface area contributed by atoms with Crippen LogP contribution in [0, 0.1) is 0 Å². The Hall–Kier alpha value is -2.47. The molecule has 1 fully saturated rings. The maximum Gasteiger partial charge on any atom is 0.223 e. The van der Waals surface area contributed by atoms with E-state index in [9.17, 15) is 4.79 Å². The monoisotopic (exact) mass is 456 g/mol. The van der Waals surface area contributed by atoms with Crippen LogP contribution in [-0.2, 0) is 10.2 Å². The van der Waals surface area contributed by atoms with Crippen molar-refractivity contribution in [3.8, 4) is 11.5 Å². The molecule has 5 nitrogen and oxygen atoms in total. The fraction of sp³-hybridized carbons (Fsp3) is 0.348. The summed E-state index contributed by atoms with van der Waals surface area (Å²) < 4.78 is 11.8. The van der Waals surface area contributed by atoms with E-state index in [1.807, 2.05) is 24.3 Å². The molecular formula is C23H25BrN2O3. The van der Waals surface area contributed by atoms with Gasteiger partial charge in [0.25, 0.3) is 0 Å². The predicted molar refractivity (Wildman–Crippen MR) is 119 cm³/mol. The zero-order chi connectivity index (χ0) is 20.8. The lowest BCUT2D eigenvalue weighted by Crippen LogP contribution is -2.68. The van der Waals surface area contributed by atoms with Gasteiger partial charge in [-0.05, 0) is 47.5 Å². The van der Waals surface area contributed by atoms with E-state index in [0.717, 1.165) is 15.7 Å². The van der Waals surface area contributed by atoms with E-state index < -0.39 is 5.66 Å². The minimum absolute atomic E-state index is 0.0677. The van der Waals surface area contributed by atoms with E-state index in [-0.39, 0.29) is 11.3 Å². The van der Waals surface area contributed by atoms with Crippen LogP contribution in [0.25, 0.3) is 6.08 Å². The SMILES string of the molecule is COc1ccc(/C=C/[C@@]23NC(=O)CCN2c2ccc(Br)cc2C3(C)C)cc1OC. The van der Waals surface area contributed by atoms with Crippen molar-refractivity contribution in [3.05, 3.63) is 58.1 Å². The molecule has 6 heteroatoms. The van der Waals surface area contributed by atoms with Crippen molar-refractivity contribution in [1.82, 2.24) is 5.32 Å². The third-order valence-electron chi connectivity index (χ3n) is 6.12. The molecule has 2 heterocycles. The molecule has 0 aromatic heterocycles. The molecule has 4 rings (SSSR count). The van der Waals surface area contributed by atoms with Crippen LogP contribution < -0.4 is 19.7 Å². The number of methoxy groups -OCH3 is 2. The van der Waals surface area contributed by atoms with E-state index >= 15 is 0 Å². The van der Waals surface area contributed by atoms with Crippen LogP contribution in [0.5, 0.6) is 11.5 Å². The summed E-state index contributed by atoms with van der Waals surface area (Å²) >= 11 is 3.60. The average molecular weight is 457 g/mol. The first-order chi connectivity index (χ1) is 13.8. The number of hydrogen-bond donors (Lipinski definition) is 1. The van der Waals surface area contributed by atoms with Gasteiger partial charge in [0.05, 0.1) is 14.2 Å². The van der Waals surface area contributed by atoms with Crippen LogP contribution in [0.4, 0.5) is 5.69 Å². The average Bonchev–Trinajstić information content (AvgIpc) is 2.89. The predicted octanol–water partition coefficient (Wildman–Crippen LogP) is 4.49. The van der Waals surface area contributed by atoms with Crippen molar-refractivity contribution in [3.63, 3.8) is 0 Å². The Morgan fingerprint density at radius 3 is 2.59 bits per heavy atom. The molecule has 2 aromatic carbocycles. The molecule has 0 radical (unpaired) electrons. The molecule has 0 saturated carbocycles. The molecule has 0 spiro atoms. The number of benzene rings is 2. The minimum Gasteiger partial charge on any atom is -0.493 e. The van der Waals surface area contributed by atoms with Gasteiger partial charge in [-0.15, -0.1) is 0 Å². The van der Waals surface area contributed by atoms with E-state index in [1.54, 1.807) is 14.2 Å². The molecule has 1 N–H and O–H groups in total. The van der Waals surface area contributed by atoms with Gasteiger partial charge in [0.2, 0.25) is 5.91 Å². The van der Waals surface area contributed by atoms with Gasteiger partial charge in [-0.1, -0.05) is 41.9 Å². The molecule has 2 aliphatic rings. The highest BCUT2D eigenvalue weighted by Crippen LogP contribution is 2.53. The number of carbonyl (C=O) groups excluding carboxylic acids is 1. The molecule has 0 aliphatic carbocycles. The van der Waals surface area contributed by atoms with Crippen molar-refractivity contribution < 1.29 is 14.3 Å². The van der Waals surface area contributed by atoms with Crippen molar-refractivity contribution in [1.29, 1.82) is 0 Å². The van der Waals surface area contributed by atoms with Gasteiger partial charge in [0.15, 0.2) is 11.5 Å².